The number of aromatic nitrogens is 1. The molecule has 0 bridgehead atoms. The first kappa shape index (κ1) is 7.65. The van der Waals surface area contributed by atoms with Crippen molar-refractivity contribution < 1.29 is 4.39 Å². The summed E-state index contributed by atoms with van der Waals surface area (Å²) >= 11 is 1.10. The molecule has 1 rings (SSSR count). The van der Waals surface area contributed by atoms with Crippen LogP contribution in [0.25, 0.3) is 0 Å². The first-order valence-electron chi connectivity index (χ1n) is 1.65. The van der Waals surface area contributed by atoms with Crippen molar-refractivity contribution in [2.75, 3.05) is 5.73 Å². The molecule has 0 aromatic carbocycles. The zero-order valence-corrected chi connectivity index (χ0v) is 5.43. The average Bonchev–Trinajstić information content (AvgIpc) is 1.87. The van der Waals surface area contributed by atoms with Crippen LogP contribution in [0.5, 0.6) is 0 Å². The van der Waals surface area contributed by atoms with Gasteiger partial charge in [0.1, 0.15) is 0 Å². The molecule has 0 aliphatic rings. The van der Waals surface area contributed by atoms with Crippen LogP contribution in [0.15, 0.2) is 5.38 Å². The minimum atomic E-state index is -0.498. The fraction of sp³-hybridized carbons (Fsp3) is 0. The largest absolute Gasteiger partial charge is 0.375 e. The summed E-state index contributed by atoms with van der Waals surface area (Å²) < 4.78 is 11.7. The van der Waals surface area contributed by atoms with Crippen LogP contribution in [0.1, 0.15) is 0 Å². The van der Waals surface area contributed by atoms with Gasteiger partial charge in [0.05, 0.1) is 0 Å². The summed E-state index contributed by atoms with van der Waals surface area (Å²) in [7, 11) is 0. The number of nitrogen functional groups attached to an aromatic ring is 1. The number of thiazole rings is 1. The zero-order chi connectivity index (χ0) is 5.28. The SMILES string of the molecule is Cl.Nc1nc(F)cs1. The van der Waals surface area contributed by atoms with Crippen molar-refractivity contribution in [2.24, 2.45) is 0 Å². The van der Waals surface area contributed by atoms with Crippen molar-refractivity contribution in [1.29, 1.82) is 0 Å². The Balaban J connectivity index is 0.000000490. The molecule has 2 nitrogen and oxygen atoms in total. The molecule has 1 aromatic heterocycles. The zero-order valence-electron chi connectivity index (χ0n) is 3.80. The molecule has 5 heteroatoms. The predicted molar refractivity (Wildman–Crippen MR) is 33.7 cm³/mol. The maximum Gasteiger partial charge on any atom is 0.225 e. The molecule has 0 spiro atoms. The Kier molecular flexibility index (Phi) is 2.71. The highest BCUT2D eigenvalue weighted by atomic mass is 35.5. The summed E-state index contributed by atoms with van der Waals surface area (Å²) in [6.07, 6.45) is 0. The minimum Gasteiger partial charge on any atom is -0.375 e. The molecule has 1 aromatic rings. The standard InChI is InChI=1S/C3H3FN2S.ClH/c4-2-1-7-3(5)6-2;/h1H,(H2,5,6);1H. The van der Waals surface area contributed by atoms with Gasteiger partial charge in [-0.25, -0.2) is 0 Å². The summed E-state index contributed by atoms with van der Waals surface area (Å²) in [5, 5.41) is 1.53. The quantitative estimate of drug-likeness (QED) is 0.612. The molecule has 0 saturated carbocycles. The number of nitrogens with two attached hydrogens (primary N) is 1. The Hall–Kier alpha value is -0.350. The van der Waals surface area contributed by atoms with Gasteiger partial charge >= 0.3 is 0 Å². The summed E-state index contributed by atoms with van der Waals surface area (Å²) in [5.41, 5.74) is 5.05. The summed E-state index contributed by atoms with van der Waals surface area (Å²) in [6, 6.07) is 0. The van der Waals surface area contributed by atoms with E-state index in [0.29, 0.717) is 0 Å². The number of halogens is 2. The van der Waals surface area contributed by atoms with E-state index in [1.165, 1.54) is 5.38 Å². The second-order valence-electron chi connectivity index (χ2n) is 1.01. The maximum absolute atomic E-state index is 11.7. The molecular formula is C3H4ClFN2S. The minimum absolute atomic E-state index is 0. The number of anilines is 1. The van der Waals surface area contributed by atoms with E-state index in [1.54, 1.807) is 0 Å². The summed E-state index contributed by atoms with van der Waals surface area (Å²) in [5.74, 6) is -0.498. The number of rotatable bonds is 0. The van der Waals surface area contributed by atoms with Crippen molar-refractivity contribution in [1.82, 2.24) is 4.98 Å². The lowest BCUT2D eigenvalue weighted by atomic mass is 10.9. The number of nitrogens with zero attached hydrogens (tertiary/aromatic N) is 1. The van der Waals surface area contributed by atoms with Crippen LogP contribution in [0, 0.1) is 5.95 Å². The Bertz CT molecular complexity index is 150. The Morgan fingerprint density at radius 1 is 1.75 bits per heavy atom. The van der Waals surface area contributed by atoms with Gasteiger partial charge in [-0.1, -0.05) is 0 Å². The van der Waals surface area contributed by atoms with E-state index in [-0.39, 0.29) is 17.5 Å². The lowest BCUT2D eigenvalue weighted by molar-refractivity contribution is 0.593. The third kappa shape index (κ3) is 1.63. The van der Waals surface area contributed by atoms with Crippen LogP contribution in [0.3, 0.4) is 0 Å². The second-order valence-corrected chi connectivity index (χ2v) is 1.90. The van der Waals surface area contributed by atoms with Gasteiger partial charge in [-0.15, -0.1) is 23.7 Å². The highest BCUT2D eigenvalue weighted by molar-refractivity contribution is 7.13. The molecule has 0 fully saturated rings. The van der Waals surface area contributed by atoms with Crippen LogP contribution >= 0.6 is 23.7 Å². The number of hydrogen-bond donors (Lipinski definition) is 1. The van der Waals surface area contributed by atoms with Gasteiger partial charge in [-0.3, -0.25) is 0 Å². The van der Waals surface area contributed by atoms with Crippen LogP contribution in [0.4, 0.5) is 9.52 Å². The van der Waals surface area contributed by atoms with Crippen molar-refractivity contribution in [3.05, 3.63) is 11.3 Å². The Morgan fingerprint density at radius 2 is 2.38 bits per heavy atom. The molecule has 0 radical (unpaired) electrons. The van der Waals surface area contributed by atoms with Crippen LogP contribution < -0.4 is 5.73 Å². The van der Waals surface area contributed by atoms with E-state index in [2.05, 4.69) is 4.98 Å². The first-order chi connectivity index (χ1) is 3.29. The van der Waals surface area contributed by atoms with Crippen molar-refractivity contribution in [2.45, 2.75) is 0 Å². The van der Waals surface area contributed by atoms with E-state index < -0.39 is 5.95 Å². The van der Waals surface area contributed by atoms with Crippen molar-refractivity contribution in [3.63, 3.8) is 0 Å². The summed E-state index contributed by atoms with van der Waals surface area (Å²) in [6.45, 7) is 0. The smallest absolute Gasteiger partial charge is 0.225 e. The van der Waals surface area contributed by atoms with Gasteiger partial charge in [-0.05, 0) is 0 Å². The molecule has 8 heavy (non-hydrogen) atoms. The second kappa shape index (κ2) is 2.84. The highest BCUT2D eigenvalue weighted by Gasteiger charge is 1.91. The van der Waals surface area contributed by atoms with Gasteiger partial charge in [0.25, 0.3) is 0 Å². The fourth-order valence-electron chi connectivity index (χ4n) is 0.267. The highest BCUT2D eigenvalue weighted by Crippen LogP contribution is 2.07. The van der Waals surface area contributed by atoms with Crippen molar-refractivity contribution in [3.8, 4) is 0 Å². The number of hydrogen-bond acceptors (Lipinski definition) is 3. The molecule has 0 aliphatic carbocycles. The lowest BCUT2D eigenvalue weighted by Gasteiger charge is -1.69. The molecule has 1 heterocycles. The first-order valence-corrected chi connectivity index (χ1v) is 2.53. The van der Waals surface area contributed by atoms with Gasteiger partial charge in [-0.2, -0.15) is 9.37 Å². The van der Waals surface area contributed by atoms with Gasteiger partial charge in [0, 0.05) is 5.38 Å². The van der Waals surface area contributed by atoms with Crippen LogP contribution in [-0.2, 0) is 0 Å². The molecule has 0 unspecified atom stereocenters. The predicted octanol–water partition coefficient (Wildman–Crippen LogP) is 1.29. The van der Waals surface area contributed by atoms with E-state index in [1.807, 2.05) is 0 Å². The normalized spacial score (nSPS) is 8.12. The third-order valence-corrected chi connectivity index (χ3v) is 1.14. The van der Waals surface area contributed by atoms with Gasteiger partial charge in [0.15, 0.2) is 5.13 Å². The van der Waals surface area contributed by atoms with E-state index in [0.717, 1.165) is 11.3 Å². The Labute approximate surface area is 55.9 Å². The molecule has 0 aliphatic heterocycles. The van der Waals surface area contributed by atoms with E-state index in [4.69, 9.17) is 5.73 Å². The van der Waals surface area contributed by atoms with E-state index in [9.17, 15) is 4.39 Å². The van der Waals surface area contributed by atoms with Gasteiger partial charge < -0.3 is 5.73 Å². The monoisotopic (exact) mass is 154 g/mol. The molecule has 0 saturated heterocycles. The van der Waals surface area contributed by atoms with Crippen LogP contribution in [-0.4, -0.2) is 4.98 Å². The van der Waals surface area contributed by atoms with E-state index >= 15 is 0 Å². The topological polar surface area (TPSA) is 38.9 Å². The lowest BCUT2D eigenvalue weighted by Crippen LogP contribution is -1.80. The Morgan fingerprint density at radius 3 is 2.50 bits per heavy atom. The third-order valence-electron chi connectivity index (χ3n) is 0.494. The molecule has 0 amide bonds. The molecular weight excluding hydrogens is 151 g/mol. The molecule has 0 atom stereocenters. The van der Waals surface area contributed by atoms with Crippen LogP contribution in [0.2, 0.25) is 0 Å². The fourth-order valence-corrected chi connectivity index (χ4v) is 0.678. The summed E-state index contributed by atoms with van der Waals surface area (Å²) in [4.78, 5) is 3.24. The van der Waals surface area contributed by atoms with Crippen molar-refractivity contribution >= 4 is 28.9 Å². The maximum atomic E-state index is 11.7. The molecule has 2 N–H and O–H groups in total. The molecule has 46 valence electrons. The van der Waals surface area contributed by atoms with Gasteiger partial charge in [0.2, 0.25) is 5.95 Å². The average molecular weight is 155 g/mol.